The first-order chi connectivity index (χ1) is 10.1. The van der Waals surface area contributed by atoms with Crippen molar-refractivity contribution in [1.82, 2.24) is 0 Å². The van der Waals surface area contributed by atoms with Gasteiger partial charge in [0.2, 0.25) is 0 Å². The van der Waals surface area contributed by atoms with Crippen LogP contribution in [-0.4, -0.2) is 18.2 Å². The molecule has 1 aromatic heterocycles. The fraction of sp³-hybridized carbons (Fsp3) is 0.294. The lowest BCUT2D eigenvalue weighted by Crippen LogP contribution is -2.40. The van der Waals surface area contributed by atoms with E-state index < -0.39 is 5.41 Å². The van der Waals surface area contributed by atoms with Crippen LogP contribution in [0.2, 0.25) is 0 Å². The maximum absolute atomic E-state index is 12.8. The third-order valence-corrected chi connectivity index (χ3v) is 5.33. The first-order valence-electron chi connectivity index (χ1n) is 7.15. The SMILES string of the molecule is Cc1ccc(N2CCC3(C)C(=O)c4ccsc4N=C23)cc1. The predicted molar refractivity (Wildman–Crippen MR) is 87.0 cm³/mol. The Balaban J connectivity index is 1.84. The van der Waals surface area contributed by atoms with Crippen molar-refractivity contribution in [2.75, 3.05) is 11.4 Å². The highest BCUT2D eigenvalue weighted by Gasteiger charge is 2.50. The fourth-order valence-corrected chi connectivity index (χ4v) is 3.94. The van der Waals surface area contributed by atoms with Crippen LogP contribution in [0.15, 0.2) is 40.7 Å². The summed E-state index contributed by atoms with van der Waals surface area (Å²) in [6.07, 6.45) is 0.827. The summed E-state index contributed by atoms with van der Waals surface area (Å²) in [7, 11) is 0. The molecule has 2 aliphatic heterocycles. The highest BCUT2D eigenvalue weighted by molar-refractivity contribution is 7.14. The van der Waals surface area contributed by atoms with Crippen LogP contribution in [0.3, 0.4) is 0 Å². The van der Waals surface area contributed by atoms with Crippen molar-refractivity contribution in [3.63, 3.8) is 0 Å². The molecular formula is C17H16N2OS. The number of hydrogen-bond donors (Lipinski definition) is 0. The van der Waals surface area contributed by atoms with Gasteiger partial charge < -0.3 is 4.90 Å². The van der Waals surface area contributed by atoms with Gasteiger partial charge in [-0.15, -0.1) is 11.3 Å². The molecule has 106 valence electrons. The molecule has 1 atom stereocenters. The van der Waals surface area contributed by atoms with E-state index in [1.807, 2.05) is 18.4 Å². The molecule has 1 aromatic carbocycles. The summed E-state index contributed by atoms with van der Waals surface area (Å²) >= 11 is 1.54. The summed E-state index contributed by atoms with van der Waals surface area (Å²) in [5.74, 6) is 1.13. The summed E-state index contributed by atoms with van der Waals surface area (Å²) in [5.41, 5.74) is 2.68. The maximum atomic E-state index is 12.8. The van der Waals surface area contributed by atoms with Crippen LogP contribution in [0, 0.1) is 12.3 Å². The van der Waals surface area contributed by atoms with Crippen molar-refractivity contribution in [2.24, 2.45) is 10.4 Å². The Morgan fingerprint density at radius 1 is 1.24 bits per heavy atom. The summed E-state index contributed by atoms with van der Waals surface area (Å²) in [5, 5.41) is 2.80. The number of hydrogen-bond acceptors (Lipinski definition) is 4. The topological polar surface area (TPSA) is 32.7 Å². The average molecular weight is 296 g/mol. The molecule has 0 aliphatic carbocycles. The molecule has 0 saturated carbocycles. The Kier molecular flexibility index (Phi) is 2.60. The minimum absolute atomic E-state index is 0.221. The molecule has 0 radical (unpaired) electrons. The van der Waals surface area contributed by atoms with E-state index in [0.717, 1.165) is 35.1 Å². The van der Waals surface area contributed by atoms with E-state index in [2.05, 4.69) is 36.1 Å². The van der Waals surface area contributed by atoms with E-state index in [1.165, 1.54) is 5.56 Å². The molecule has 1 fully saturated rings. The summed E-state index contributed by atoms with van der Waals surface area (Å²) < 4.78 is 0. The number of fused-ring (bicyclic) bond motifs is 2. The molecule has 4 heteroatoms. The summed E-state index contributed by atoms with van der Waals surface area (Å²) in [6, 6.07) is 10.3. The molecule has 3 heterocycles. The summed E-state index contributed by atoms with van der Waals surface area (Å²) in [4.78, 5) is 19.8. The number of aryl methyl sites for hydroxylation is 1. The Bertz CT molecular complexity index is 759. The lowest BCUT2D eigenvalue weighted by molar-refractivity contribution is 0.0888. The molecule has 4 rings (SSSR count). The largest absolute Gasteiger partial charge is 0.329 e. The van der Waals surface area contributed by atoms with Crippen molar-refractivity contribution in [1.29, 1.82) is 0 Å². The van der Waals surface area contributed by atoms with Gasteiger partial charge in [0.1, 0.15) is 10.8 Å². The van der Waals surface area contributed by atoms with Gasteiger partial charge >= 0.3 is 0 Å². The zero-order valence-corrected chi connectivity index (χ0v) is 12.9. The van der Waals surface area contributed by atoms with Gasteiger partial charge in [-0.1, -0.05) is 17.7 Å². The monoisotopic (exact) mass is 296 g/mol. The van der Waals surface area contributed by atoms with Gasteiger partial charge in [0.05, 0.1) is 11.0 Å². The molecular weight excluding hydrogens is 280 g/mol. The molecule has 3 nitrogen and oxygen atoms in total. The van der Waals surface area contributed by atoms with Crippen molar-refractivity contribution < 1.29 is 4.79 Å². The number of ketones is 1. The number of amidine groups is 1. The highest BCUT2D eigenvalue weighted by Crippen LogP contribution is 2.46. The Hall–Kier alpha value is -1.94. The number of rotatable bonds is 1. The molecule has 2 aromatic rings. The van der Waals surface area contributed by atoms with E-state index in [-0.39, 0.29) is 5.78 Å². The van der Waals surface area contributed by atoms with Gasteiger partial charge in [-0.3, -0.25) is 4.79 Å². The normalized spacial score (nSPS) is 23.8. The predicted octanol–water partition coefficient (Wildman–Crippen LogP) is 4.20. The number of anilines is 1. The van der Waals surface area contributed by atoms with E-state index in [9.17, 15) is 4.79 Å². The number of carbonyl (C=O) groups excluding carboxylic acids is 1. The van der Waals surface area contributed by atoms with Crippen LogP contribution >= 0.6 is 11.3 Å². The van der Waals surface area contributed by atoms with Gasteiger partial charge in [0.15, 0.2) is 5.78 Å². The van der Waals surface area contributed by atoms with Crippen molar-refractivity contribution in [2.45, 2.75) is 20.3 Å². The molecule has 1 unspecified atom stereocenters. The standard InChI is InChI=1S/C17H16N2OS/c1-11-3-5-12(6-4-11)19-9-8-17(2)14(20)13-7-10-21-15(13)18-16(17)19/h3-7,10H,8-9H2,1-2H3. The quantitative estimate of drug-likeness (QED) is 0.790. The smallest absolute Gasteiger partial charge is 0.179 e. The van der Waals surface area contributed by atoms with E-state index in [0.29, 0.717) is 0 Å². The molecule has 0 bridgehead atoms. The van der Waals surface area contributed by atoms with Crippen molar-refractivity contribution in [3.8, 4) is 0 Å². The van der Waals surface area contributed by atoms with Crippen LogP contribution < -0.4 is 4.90 Å². The molecule has 1 saturated heterocycles. The third kappa shape index (κ3) is 1.72. The van der Waals surface area contributed by atoms with Crippen LogP contribution in [0.25, 0.3) is 0 Å². The molecule has 2 aliphatic rings. The van der Waals surface area contributed by atoms with Crippen LogP contribution in [0.1, 0.15) is 29.3 Å². The van der Waals surface area contributed by atoms with Gasteiger partial charge in [0, 0.05) is 12.2 Å². The second-order valence-electron chi connectivity index (χ2n) is 5.97. The van der Waals surface area contributed by atoms with Crippen LogP contribution in [0.4, 0.5) is 10.7 Å². The number of Topliss-reactive ketones (excluding diaryl/α,β-unsaturated/α-hetero) is 1. The lowest BCUT2D eigenvalue weighted by Gasteiger charge is -2.29. The van der Waals surface area contributed by atoms with Crippen molar-refractivity contribution in [3.05, 3.63) is 46.8 Å². The minimum Gasteiger partial charge on any atom is -0.329 e. The van der Waals surface area contributed by atoms with Gasteiger partial charge in [-0.2, -0.15) is 0 Å². The zero-order valence-electron chi connectivity index (χ0n) is 12.1. The first kappa shape index (κ1) is 12.8. The summed E-state index contributed by atoms with van der Waals surface area (Å²) in [6.45, 7) is 4.96. The Morgan fingerprint density at radius 3 is 2.76 bits per heavy atom. The lowest BCUT2D eigenvalue weighted by atomic mass is 9.79. The number of thiophene rings is 1. The molecule has 0 spiro atoms. The number of nitrogens with zero attached hydrogens (tertiary/aromatic N) is 2. The second-order valence-corrected chi connectivity index (χ2v) is 6.87. The van der Waals surface area contributed by atoms with Crippen molar-refractivity contribution >= 4 is 33.6 Å². The van der Waals surface area contributed by atoms with E-state index in [1.54, 1.807) is 11.3 Å². The van der Waals surface area contributed by atoms with Gasteiger partial charge in [0.25, 0.3) is 0 Å². The average Bonchev–Trinajstić information content (AvgIpc) is 3.06. The van der Waals surface area contributed by atoms with Crippen LogP contribution in [-0.2, 0) is 0 Å². The maximum Gasteiger partial charge on any atom is 0.179 e. The zero-order chi connectivity index (χ0) is 14.6. The second kappa shape index (κ2) is 4.28. The molecule has 0 N–H and O–H groups in total. The number of carbonyl (C=O) groups is 1. The number of aliphatic imine (C=N–C) groups is 1. The number of benzene rings is 1. The highest BCUT2D eigenvalue weighted by atomic mass is 32.1. The molecule has 0 amide bonds. The fourth-order valence-electron chi connectivity index (χ4n) is 3.18. The Morgan fingerprint density at radius 2 is 2.00 bits per heavy atom. The van der Waals surface area contributed by atoms with E-state index >= 15 is 0 Å². The minimum atomic E-state index is -0.473. The Labute approximate surface area is 127 Å². The van der Waals surface area contributed by atoms with Crippen LogP contribution in [0.5, 0.6) is 0 Å². The molecule has 21 heavy (non-hydrogen) atoms. The first-order valence-corrected chi connectivity index (χ1v) is 8.03. The van der Waals surface area contributed by atoms with E-state index in [4.69, 9.17) is 4.99 Å². The third-order valence-electron chi connectivity index (χ3n) is 4.53. The van der Waals surface area contributed by atoms with Gasteiger partial charge in [-0.25, -0.2) is 4.99 Å². The van der Waals surface area contributed by atoms with Gasteiger partial charge in [-0.05, 0) is 43.8 Å².